The number of hydrogen-bond acceptors (Lipinski definition) is 4. The molecule has 17 heavy (non-hydrogen) atoms. The minimum atomic E-state index is -1.83. The largest absolute Gasteiger partial charge is 0.393 e. The van der Waals surface area contributed by atoms with Gasteiger partial charge in [0.05, 0.1) is 16.8 Å². The summed E-state index contributed by atoms with van der Waals surface area (Å²) in [5.74, 6) is 0. The van der Waals surface area contributed by atoms with Crippen molar-refractivity contribution in [3.05, 3.63) is 30.6 Å². The quantitative estimate of drug-likeness (QED) is 0.717. The summed E-state index contributed by atoms with van der Waals surface area (Å²) in [6.07, 6.45) is 0.395. The van der Waals surface area contributed by atoms with Crippen LogP contribution in [0.15, 0.2) is 15.8 Å². The molecular weight excluding hydrogens is 346 g/mol. The van der Waals surface area contributed by atoms with Crippen LogP contribution in [0.3, 0.4) is 0 Å². The van der Waals surface area contributed by atoms with Crippen molar-refractivity contribution in [2.24, 2.45) is 0 Å². The number of nitrogens with zero attached hydrogens (tertiary/aromatic N) is 1. The molecular formula is C9H10FIN2O4. The number of rotatable bonds is 2. The van der Waals surface area contributed by atoms with E-state index >= 15 is 0 Å². The molecule has 0 spiro atoms. The maximum Gasteiger partial charge on any atom is 0.330 e. The summed E-state index contributed by atoms with van der Waals surface area (Å²) in [6.45, 7) is -0.922. The summed E-state index contributed by atoms with van der Waals surface area (Å²) < 4.78 is 20.3. The lowest BCUT2D eigenvalue weighted by Crippen LogP contribution is -2.34. The van der Waals surface area contributed by atoms with E-state index in [4.69, 9.17) is 9.84 Å². The Hall–Kier alpha value is -0.740. The monoisotopic (exact) mass is 356 g/mol. The molecule has 8 heteroatoms. The molecule has 2 N–H and O–H groups in total. The van der Waals surface area contributed by atoms with Crippen molar-refractivity contribution in [1.82, 2.24) is 9.55 Å². The zero-order valence-electron chi connectivity index (χ0n) is 8.65. The van der Waals surface area contributed by atoms with Crippen molar-refractivity contribution in [3.63, 3.8) is 0 Å². The molecule has 1 aliphatic rings. The van der Waals surface area contributed by atoms with Gasteiger partial charge in [-0.05, 0) is 22.6 Å². The first-order valence-corrected chi connectivity index (χ1v) is 5.95. The number of aliphatic hydroxyl groups is 1. The molecule has 2 rings (SSSR count). The van der Waals surface area contributed by atoms with E-state index in [9.17, 15) is 14.0 Å². The molecule has 0 amide bonds. The average molecular weight is 356 g/mol. The number of nitrogens with one attached hydrogen (secondary N) is 1. The molecule has 0 radical (unpaired) electrons. The summed E-state index contributed by atoms with van der Waals surface area (Å²) in [5.41, 5.74) is -2.97. The third kappa shape index (κ3) is 2.43. The second kappa shape index (κ2) is 4.50. The predicted octanol–water partition coefficient (Wildman–Crippen LogP) is -0.239. The van der Waals surface area contributed by atoms with Crippen LogP contribution in [-0.2, 0) is 4.74 Å². The van der Waals surface area contributed by atoms with Gasteiger partial charge in [0.1, 0.15) is 6.23 Å². The number of aromatic nitrogens is 2. The van der Waals surface area contributed by atoms with E-state index < -0.39 is 29.8 Å². The van der Waals surface area contributed by atoms with Crippen LogP contribution in [0.5, 0.6) is 0 Å². The molecule has 1 fully saturated rings. The number of ether oxygens (including phenoxy) is 1. The van der Waals surface area contributed by atoms with Crippen LogP contribution in [0.25, 0.3) is 0 Å². The zero-order valence-corrected chi connectivity index (χ0v) is 10.8. The second-order valence-corrected chi connectivity index (χ2v) is 5.08. The van der Waals surface area contributed by atoms with Crippen LogP contribution in [0.2, 0.25) is 0 Å². The van der Waals surface area contributed by atoms with Crippen molar-refractivity contribution in [1.29, 1.82) is 0 Å². The van der Waals surface area contributed by atoms with Gasteiger partial charge in [-0.15, -0.1) is 0 Å². The van der Waals surface area contributed by atoms with Gasteiger partial charge in [-0.25, -0.2) is 9.18 Å². The van der Waals surface area contributed by atoms with Crippen LogP contribution in [0, 0.1) is 3.57 Å². The lowest BCUT2D eigenvalue weighted by molar-refractivity contribution is 0.0272. The number of hydrogen-bond donors (Lipinski definition) is 2. The van der Waals surface area contributed by atoms with E-state index in [0.717, 1.165) is 4.57 Å². The lowest BCUT2D eigenvalue weighted by Gasteiger charge is -2.14. The number of alkyl halides is 1. The fourth-order valence-corrected chi connectivity index (χ4v) is 2.07. The number of aromatic amines is 1. The van der Waals surface area contributed by atoms with Crippen LogP contribution < -0.4 is 11.2 Å². The van der Waals surface area contributed by atoms with E-state index in [0.29, 0.717) is 3.57 Å². The highest BCUT2D eigenvalue weighted by Crippen LogP contribution is 2.33. The van der Waals surface area contributed by atoms with Gasteiger partial charge in [-0.3, -0.25) is 14.3 Å². The smallest absolute Gasteiger partial charge is 0.330 e. The van der Waals surface area contributed by atoms with Crippen LogP contribution in [0.4, 0.5) is 4.39 Å². The predicted molar refractivity (Wildman–Crippen MR) is 64.6 cm³/mol. The molecule has 0 saturated carbocycles. The molecule has 6 nitrogen and oxygen atoms in total. The van der Waals surface area contributed by atoms with Crippen molar-refractivity contribution < 1.29 is 14.2 Å². The van der Waals surface area contributed by atoms with Crippen molar-refractivity contribution >= 4 is 22.6 Å². The Morgan fingerprint density at radius 1 is 1.71 bits per heavy atom. The fraction of sp³-hybridized carbons (Fsp3) is 0.556. The highest BCUT2D eigenvalue weighted by Gasteiger charge is 2.41. The molecule has 1 saturated heterocycles. The standard InChI is InChI=1S/C9H10FIN2O4/c10-9(3-14)1-6(17-4-9)13-2-5(11)7(15)12-8(13)16/h2,6,14H,1,3-4H2,(H,12,15,16)/t6-,9+/m0/s1. The Balaban J connectivity index is 2.34. The van der Waals surface area contributed by atoms with E-state index in [1.165, 1.54) is 6.20 Å². The molecule has 1 aliphatic heterocycles. The van der Waals surface area contributed by atoms with E-state index in [1.54, 1.807) is 22.6 Å². The molecule has 1 aromatic heterocycles. The summed E-state index contributed by atoms with van der Waals surface area (Å²) in [6, 6.07) is 0. The summed E-state index contributed by atoms with van der Waals surface area (Å²) in [4.78, 5) is 24.8. The van der Waals surface area contributed by atoms with Crippen LogP contribution in [0.1, 0.15) is 12.6 Å². The average Bonchev–Trinajstić information content (AvgIpc) is 2.67. The minimum Gasteiger partial charge on any atom is -0.393 e. The van der Waals surface area contributed by atoms with Crippen LogP contribution in [-0.4, -0.2) is 33.5 Å². The molecule has 0 bridgehead atoms. The topological polar surface area (TPSA) is 84.3 Å². The van der Waals surface area contributed by atoms with Gasteiger partial charge in [-0.2, -0.15) is 0 Å². The maximum atomic E-state index is 13.7. The first-order chi connectivity index (χ1) is 7.95. The Bertz CT molecular complexity index is 543. The SMILES string of the molecule is O=c1[nH]c(=O)n([C@@H]2C[C@@](F)(CO)CO2)cc1I. The Morgan fingerprint density at radius 3 is 3.00 bits per heavy atom. The van der Waals surface area contributed by atoms with Gasteiger partial charge in [0, 0.05) is 12.6 Å². The van der Waals surface area contributed by atoms with Crippen molar-refractivity contribution in [2.75, 3.05) is 13.2 Å². The highest BCUT2D eigenvalue weighted by atomic mass is 127. The number of aliphatic hydroxyl groups excluding tert-OH is 1. The Labute approximate surface area is 109 Å². The lowest BCUT2D eigenvalue weighted by atomic mass is 10.1. The third-order valence-electron chi connectivity index (χ3n) is 2.59. The first-order valence-electron chi connectivity index (χ1n) is 4.87. The van der Waals surface area contributed by atoms with Gasteiger partial charge in [-0.1, -0.05) is 0 Å². The second-order valence-electron chi connectivity index (χ2n) is 3.92. The van der Waals surface area contributed by atoms with Gasteiger partial charge in [0.25, 0.3) is 5.56 Å². The zero-order chi connectivity index (χ0) is 12.6. The molecule has 0 unspecified atom stereocenters. The molecule has 0 aliphatic carbocycles. The molecule has 2 heterocycles. The van der Waals surface area contributed by atoms with Crippen LogP contribution >= 0.6 is 22.6 Å². The Morgan fingerprint density at radius 2 is 2.41 bits per heavy atom. The summed E-state index contributed by atoms with van der Waals surface area (Å²) in [7, 11) is 0. The fourth-order valence-electron chi connectivity index (χ4n) is 1.64. The number of halogens is 2. The molecule has 0 aromatic carbocycles. The molecule has 2 atom stereocenters. The normalized spacial score (nSPS) is 28.5. The number of H-pyrrole nitrogens is 1. The van der Waals surface area contributed by atoms with E-state index in [1.807, 2.05) is 0 Å². The summed E-state index contributed by atoms with van der Waals surface area (Å²) in [5, 5.41) is 8.86. The van der Waals surface area contributed by atoms with E-state index in [2.05, 4.69) is 4.98 Å². The van der Waals surface area contributed by atoms with E-state index in [-0.39, 0.29) is 13.0 Å². The Kier molecular flexibility index (Phi) is 3.36. The first kappa shape index (κ1) is 12.7. The third-order valence-corrected chi connectivity index (χ3v) is 3.36. The summed E-state index contributed by atoms with van der Waals surface area (Å²) >= 11 is 1.77. The van der Waals surface area contributed by atoms with Gasteiger partial charge >= 0.3 is 5.69 Å². The molecule has 1 aromatic rings. The highest BCUT2D eigenvalue weighted by molar-refractivity contribution is 14.1. The molecule has 94 valence electrons. The van der Waals surface area contributed by atoms with Gasteiger partial charge < -0.3 is 9.84 Å². The minimum absolute atomic E-state index is 0.120. The van der Waals surface area contributed by atoms with Crippen molar-refractivity contribution in [3.8, 4) is 0 Å². The van der Waals surface area contributed by atoms with Crippen molar-refractivity contribution in [2.45, 2.75) is 18.3 Å². The van der Waals surface area contributed by atoms with Gasteiger partial charge in [0.15, 0.2) is 5.67 Å². The maximum absolute atomic E-state index is 13.7. The van der Waals surface area contributed by atoms with Gasteiger partial charge in [0.2, 0.25) is 0 Å².